The highest BCUT2D eigenvalue weighted by molar-refractivity contribution is 6.04. The molecule has 3 N–H and O–H groups in total. The molecule has 0 bridgehead atoms. The van der Waals surface area contributed by atoms with Crippen LogP contribution in [0.1, 0.15) is 39.2 Å². The Balaban J connectivity index is 2.15. The van der Waals surface area contributed by atoms with Crippen LogP contribution in [0.5, 0.6) is 5.75 Å². The molecule has 164 valence electrons. The minimum Gasteiger partial charge on any atom is -0.510 e. The van der Waals surface area contributed by atoms with E-state index in [-0.39, 0.29) is 17.4 Å². The topological polar surface area (TPSA) is 112 Å². The van der Waals surface area contributed by atoms with Crippen LogP contribution in [0, 0.1) is 0 Å². The Bertz CT molecular complexity index is 978. The second-order valence-electron chi connectivity index (χ2n) is 6.95. The lowest BCUT2D eigenvalue weighted by Crippen LogP contribution is -2.15. The van der Waals surface area contributed by atoms with E-state index in [0.717, 1.165) is 19.3 Å². The lowest BCUT2D eigenvalue weighted by molar-refractivity contribution is -0.114. The van der Waals surface area contributed by atoms with Gasteiger partial charge in [0.2, 0.25) is 5.91 Å². The number of aryl methyl sites for hydroxylation is 1. The Hall–Kier alpha value is -3.68. The predicted octanol–water partition coefficient (Wildman–Crippen LogP) is 5.51. The summed E-state index contributed by atoms with van der Waals surface area (Å²) in [5.74, 6) is -0.795. The summed E-state index contributed by atoms with van der Waals surface area (Å²) in [6, 6.07) is 12.4. The van der Waals surface area contributed by atoms with Gasteiger partial charge in [0.05, 0.1) is 18.5 Å². The van der Waals surface area contributed by atoms with Crippen molar-refractivity contribution in [3.05, 3.63) is 59.5 Å². The molecule has 0 spiro atoms. The van der Waals surface area contributed by atoms with Crippen molar-refractivity contribution < 1.29 is 19.4 Å². The number of hydrogen-bond donors (Lipinski definition) is 3. The van der Waals surface area contributed by atoms with Crippen molar-refractivity contribution in [3.63, 3.8) is 0 Å². The molecule has 2 rings (SSSR count). The van der Waals surface area contributed by atoms with Crippen molar-refractivity contribution in [2.75, 3.05) is 17.7 Å². The van der Waals surface area contributed by atoms with E-state index in [9.17, 15) is 14.7 Å². The summed E-state index contributed by atoms with van der Waals surface area (Å²) >= 11 is 0. The molecule has 0 fully saturated rings. The second kappa shape index (κ2) is 11.5. The summed E-state index contributed by atoms with van der Waals surface area (Å²) in [5.41, 5.74) is 2.45. The van der Waals surface area contributed by atoms with Gasteiger partial charge in [-0.15, -0.1) is 5.11 Å². The number of aliphatic hydroxyl groups excluding tert-OH is 1. The van der Waals surface area contributed by atoms with Gasteiger partial charge in [-0.3, -0.25) is 9.59 Å². The van der Waals surface area contributed by atoms with E-state index >= 15 is 0 Å². The van der Waals surface area contributed by atoms with Crippen molar-refractivity contribution in [1.82, 2.24) is 0 Å². The fourth-order valence-corrected chi connectivity index (χ4v) is 2.76. The molecular formula is C23H28N4O4. The molecule has 0 unspecified atom stereocenters. The van der Waals surface area contributed by atoms with E-state index in [4.69, 9.17) is 4.74 Å². The van der Waals surface area contributed by atoms with E-state index in [1.54, 1.807) is 18.2 Å². The summed E-state index contributed by atoms with van der Waals surface area (Å²) in [6.45, 7) is 4.90. The number of rotatable bonds is 9. The Morgan fingerprint density at radius 3 is 2.35 bits per heavy atom. The lowest BCUT2D eigenvalue weighted by Gasteiger charge is -2.12. The summed E-state index contributed by atoms with van der Waals surface area (Å²) in [5, 5.41) is 23.2. The molecule has 0 saturated carbocycles. The number of amides is 2. The number of hydrogen-bond acceptors (Lipinski definition) is 6. The van der Waals surface area contributed by atoms with Crippen LogP contribution >= 0.6 is 0 Å². The molecule has 2 aromatic carbocycles. The number of ether oxygens (including phenoxy) is 1. The van der Waals surface area contributed by atoms with Crippen molar-refractivity contribution in [2.45, 2.75) is 40.0 Å². The van der Waals surface area contributed by atoms with Gasteiger partial charge in [0.25, 0.3) is 5.91 Å². The van der Waals surface area contributed by atoms with Crippen molar-refractivity contribution in [2.24, 2.45) is 10.2 Å². The summed E-state index contributed by atoms with van der Waals surface area (Å²) in [7, 11) is 1.44. The Labute approximate surface area is 182 Å². The second-order valence-corrected chi connectivity index (χ2v) is 6.95. The fraction of sp³-hybridized carbons (Fsp3) is 0.304. The van der Waals surface area contributed by atoms with Gasteiger partial charge in [0, 0.05) is 18.7 Å². The lowest BCUT2D eigenvalue weighted by atomic mass is 10.1. The monoisotopic (exact) mass is 424 g/mol. The van der Waals surface area contributed by atoms with Crippen molar-refractivity contribution >= 4 is 28.9 Å². The van der Waals surface area contributed by atoms with Crippen LogP contribution < -0.4 is 15.4 Å². The number of unbranched alkanes of at least 4 members (excludes halogenated alkanes) is 1. The third-order valence-corrected chi connectivity index (χ3v) is 4.35. The van der Waals surface area contributed by atoms with Gasteiger partial charge in [-0.2, -0.15) is 5.11 Å². The highest BCUT2D eigenvalue weighted by Gasteiger charge is 2.16. The van der Waals surface area contributed by atoms with Gasteiger partial charge in [-0.1, -0.05) is 25.5 Å². The minimum absolute atomic E-state index is 0.219. The van der Waals surface area contributed by atoms with Crippen LogP contribution in [0.3, 0.4) is 0 Å². The number of nitrogens with zero attached hydrogens (tertiary/aromatic N) is 2. The van der Waals surface area contributed by atoms with Crippen LogP contribution in [0.15, 0.2) is 64.1 Å². The molecule has 0 aliphatic heterocycles. The molecule has 8 nitrogen and oxygen atoms in total. The number of anilines is 2. The third-order valence-electron chi connectivity index (χ3n) is 4.35. The van der Waals surface area contributed by atoms with E-state index < -0.39 is 5.91 Å². The first-order valence-corrected chi connectivity index (χ1v) is 10.0. The summed E-state index contributed by atoms with van der Waals surface area (Å²) in [4.78, 5) is 23.9. The van der Waals surface area contributed by atoms with Gasteiger partial charge in [-0.05, 0) is 49.6 Å². The molecule has 8 heteroatoms. The van der Waals surface area contributed by atoms with Crippen LogP contribution in [0.25, 0.3) is 0 Å². The zero-order valence-corrected chi connectivity index (χ0v) is 18.2. The van der Waals surface area contributed by atoms with E-state index in [1.165, 1.54) is 26.5 Å². The number of nitrogens with one attached hydrogen (secondary N) is 2. The SMILES string of the molecule is CCCCc1ccc(N=N/C(C(=O)Nc2ccc(NC(C)=O)cc2OC)=C(/C)O)cc1. The number of benzene rings is 2. The zero-order valence-electron chi connectivity index (χ0n) is 18.2. The number of carbonyl (C=O) groups excluding carboxylic acids is 2. The number of azo groups is 1. The van der Waals surface area contributed by atoms with E-state index in [2.05, 4.69) is 27.8 Å². The number of carbonyl (C=O) groups is 2. The van der Waals surface area contributed by atoms with Crippen molar-refractivity contribution in [1.29, 1.82) is 0 Å². The Morgan fingerprint density at radius 2 is 1.77 bits per heavy atom. The average molecular weight is 425 g/mol. The minimum atomic E-state index is -0.645. The number of allylic oxidation sites excluding steroid dienone is 1. The number of aliphatic hydroxyl groups is 1. The molecule has 0 heterocycles. The largest absolute Gasteiger partial charge is 0.510 e. The predicted molar refractivity (Wildman–Crippen MR) is 121 cm³/mol. The van der Waals surface area contributed by atoms with Crippen LogP contribution in [-0.2, 0) is 16.0 Å². The van der Waals surface area contributed by atoms with Crippen LogP contribution in [0.4, 0.5) is 17.1 Å². The molecule has 2 aromatic rings. The molecule has 0 radical (unpaired) electrons. The van der Waals surface area contributed by atoms with Gasteiger partial charge in [-0.25, -0.2) is 0 Å². The van der Waals surface area contributed by atoms with E-state index in [0.29, 0.717) is 22.8 Å². The van der Waals surface area contributed by atoms with Gasteiger partial charge < -0.3 is 20.5 Å². The highest BCUT2D eigenvalue weighted by Crippen LogP contribution is 2.29. The average Bonchev–Trinajstić information content (AvgIpc) is 2.73. The van der Waals surface area contributed by atoms with Gasteiger partial charge in [0.15, 0.2) is 5.70 Å². The first-order valence-electron chi connectivity index (χ1n) is 10.0. The molecule has 0 atom stereocenters. The first kappa shape index (κ1) is 23.6. The quantitative estimate of drug-likeness (QED) is 0.280. The molecular weight excluding hydrogens is 396 g/mol. The van der Waals surface area contributed by atoms with Crippen molar-refractivity contribution in [3.8, 4) is 5.75 Å². The smallest absolute Gasteiger partial charge is 0.279 e. The standard InChI is InChI=1S/C23H28N4O4/c1-5-6-7-17-8-10-18(11-9-17)26-27-22(15(2)28)23(30)25-20-13-12-19(24-16(3)29)14-21(20)31-4/h8-14,28H,5-7H2,1-4H3,(H,24,29)(H,25,30)/b22-15-,27-26?. The fourth-order valence-electron chi connectivity index (χ4n) is 2.76. The summed E-state index contributed by atoms with van der Waals surface area (Å²) < 4.78 is 5.28. The Kier molecular flexibility index (Phi) is 8.75. The molecule has 2 amide bonds. The maximum absolute atomic E-state index is 12.7. The first-order chi connectivity index (χ1) is 14.8. The van der Waals surface area contributed by atoms with Gasteiger partial charge >= 0.3 is 0 Å². The third kappa shape index (κ3) is 7.26. The van der Waals surface area contributed by atoms with E-state index in [1.807, 2.05) is 24.3 Å². The Morgan fingerprint density at radius 1 is 1.06 bits per heavy atom. The number of methoxy groups -OCH3 is 1. The maximum atomic E-state index is 12.7. The van der Waals surface area contributed by atoms with Gasteiger partial charge in [0.1, 0.15) is 11.5 Å². The molecule has 31 heavy (non-hydrogen) atoms. The molecule has 0 aliphatic rings. The highest BCUT2D eigenvalue weighted by atomic mass is 16.5. The van der Waals surface area contributed by atoms with Crippen LogP contribution in [-0.4, -0.2) is 24.0 Å². The zero-order chi connectivity index (χ0) is 22.8. The summed E-state index contributed by atoms with van der Waals surface area (Å²) in [6.07, 6.45) is 3.24. The molecule has 0 saturated heterocycles. The maximum Gasteiger partial charge on any atom is 0.279 e. The molecule has 0 aromatic heterocycles. The molecule has 0 aliphatic carbocycles. The normalized spacial score (nSPS) is 11.7. The van der Waals surface area contributed by atoms with Crippen LogP contribution in [0.2, 0.25) is 0 Å².